The Hall–Kier alpha value is -2.29. The molecule has 2 aromatic rings. The molecule has 9 heteroatoms. The molecule has 0 saturated carbocycles. The molecule has 3 rings (SSSR count). The van der Waals surface area contributed by atoms with Crippen molar-refractivity contribution in [1.82, 2.24) is 9.55 Å². The summed E-state index contributed by atoms with van der Waals surface area (Å²) in [4.78, 5) is 27.8. The van der Waals surface area contributed by atoms with Crippen LogP contribution in [0.2, 0.25) is 5.02 Å². The van der Waals surface area contributed by atoms with Gasteiger partial charge in [-0.05, 0) is 31.0 Å². The van der Waals surface area contributed by atoms with Crippen LogP contribution in [0.1, 0.15) is 29.4 Å². The first-order chi connectivity index (χ1) is 12.0. The maximum atomic E-state index is 14.2. The Morgan fingerprint density at radius 2 is 2.28 bits per heavy atom. The van der Waals surface area contributed by atoms with E-state index >= 15 is 0 Å². The lowest BCUT2D eigenvalue weighted by atomic mass is 10.2. The van der Waals surface area contributed by atoms with E-state index in [1.54, 1.807) is 12.1 Å². The van der Waals surface area contributed by atoms with Crippen LogP contribution in [0.3, 0.4) is 0 Å². The highest BCUT2D eigenvalue weighted by atomic mass is 35.5. The summed E-state index contributed by atoms with van der Waals surface area (Å²) in [5, 5.41) is 11.7. The molecule has 0 radical (unpaired) electrons. The van der Waals surface area contributed by atoms with Gasteiger partial charge in [-0.1, -0.05) is 17.7 Å². The molecule has 0 aliphatic carbocycles. The number of benzene rings is 1. The van der Waals surface area contributed by atoms with E-state index in [-0.39, 0.29) is 18.3 Å². The lowest BCUT2D eigenvalue weighted by molar-refractivity contribution is -0.0249. The van der Waals surface area contributed by atoms with Crippen molar-refractivity contribution in [1.29, 1.82) is 0 Å². The fourth-order valence-electron chi connectivity index (χ4n) is 2.57. The molecule has 1 aromatic carbocycles. The first kappa shape index (κ1) is 17.5. The van der Waals surface area contributed by atoms with Crippen LogP contribution < -0.4 is 11.0 Å². The van der Waals surface area contributed by atoms with Gasteiger partial charge in [-0.3, -0.25) is 9.36 Å². The van der Waals surface area contributed by atoms with Gasteiger partial charge in [0.25, 0.3) is 5.91 Å². The number of hydrogen-bond donors (Lipinski definition) is 2. The van der Waals surface area contributed by atoms with E-state index in [4.69, 9.17) is 21.4 Å². The number of aliphatic hydroxyl groups is 1. The molecular weight excluding hydrogens is 353 g/mol. The first-order valence-electron chi connectivity index (χ1n) is 7.60. The number of nitrogens with one attached hydrogen (secondary N) is 1. The molecule has 0 spiro atoms. The maximum absolute atomic E-state index is 14.2. The van der Waals surface area contributed by atoms with E-state index in [9.17, 15) is 14.0 Å². The van der Waals surface area contributed by atoms with E-state index < -0.39 is 29.5 Å². The maximum Gasteiger partial charge on any atom is 0.351 e. The normalized spacial score (nSPS) is 19.8. The van der Waals surface area contributed by atoms with Crippen molar-refractivity contribution in [3.63, 3.8) is 0 Å². The number of nitrogens with zero attached hydrogens (tertiary/aromatic N) is 2. The molecule has 1 amide bonds. The van der Waals surface area contributed by atoms with Gasteiger partial charge in [0.1, 0.15) is 6.23 Å². The van der Waals surface area contributed by atoms with Crippen LogP contribution in [0, 0.1) is 5.82 Å². The second-order valence-corrected chi connectivity index (χ2v) is 6.00. The zero-order valence-electron chi connectivity index (χ0n) is 13.0. The summed E-state index contributed by atoms with van der Waals surface area (Å²) in [5.74, 6) is -1.97. The number of carbonyl (C=O) groups is 1. The third-order valence-electron chi connectivity index (χ3n) is 3.82. The molecule has 2 N–H and O–H groups in total. The summed E-state index contributed by atoms with van der Waals surface area (Å²) < 4.78 is 20.7. The minimum atomic E-state index is -0.869. The van der Waals surface area contributed by atoms with E-state index in [0.29, 0.717) is 17.9 Å². The van der Waals surface area contributed by atoms with Crippen LogP contribution >= 0.6 is 11.6 Å². The van der Waals surface area contributed by atoms with Gasteiger partial charge in [-0.25, -0.2) is 9.18 Å². The number of amides is 1. The van der Waals surface area contributed by atoms with Crippen molar-refractivity contribution in [2.45, 2.75) is 25.2 Å². The highest BCUT2D eigenvalue weighted by Gasteiger charge is 2.27. The smallest absolute Gasteiger partial charge is 0.351 e. The van der Waals surface area contributed by atoms with Crippen molar-refractivity contribution < 1.29 is 19.0 Å². The van der Waals surface area contributed by atoms with Gasteiger partial charge >= 0.3 is 5.69 Å². The number of anilines is 1. The summed E-state index contributed by atoms with van der Waals surface area (Å²) in [6.45, 7) is -0.172. The number of aliphatic hydroxyl groups excluding tert-OH is 1. The largest absolute Gasteiger partial charge is 0.394 e. The Morgan fingerprint density at radius 1 is 1.48 bits per heavy atom. The zero-order chi connectivity index (χ0) is 18.0. The molecule has 2 heterocycles. The third-order valence-corrected chi connectivity index (χ3v) is 4.06. The Bertz CT molecular complexity index is 858. The van der Waals surface area contributed by atoms with Crippen LogP contribution in [-0.4, -0.2) is 33.3 Å². The lowest BCUT2D eigenvalue weighted by Gasteiger charge is -2.15. The minimum absolute atomic E-state index is 0.172. The number of hydrogen-bond acceptors (Lipinski definition) is 5. The molecule has 1 aliphatic heterocycles. The summed E-state index contributed by atoms with van der Waals surface area (Å²) >= 11 is 5.81. The highest BCUT2D eigenvalue weighted by molar-refractivity contribution is 6.31. The molecule has 1 saturated heterocycles. The minimum Gasteiger partial charge on any atom is -0.394 e. The van der Waals surface area contributed by atoms with Gasteiger partial charge in [0, 0.05) is 10.6 Å². The molecule has 2 atom stereocenters. The van der Waals surface area contributed by atoms with Gasteiger partial charge < -0.3 is 15.2 Å². The highest BCUT2D eigenvalue weighted by Crippen LogP contribution is 2.27. The first-order valence-corrected chi connectivity index (χ1v) is 7.97. The fourth-order valence-corrected chi connectivity index (χ4v) is 2.76. The van der Waals surface area contributed by atoms with E-state index in [2.05, 4.69) is 10.3 Å². The second kappa shape index (κ2) is 7.30. The number of carbonyl (C=O) groups excluding carboxylic acids is 1. The van der Waals surface area contributed by atoms with Gasteiger partial charge in [-0.15, -0.1) is 0 Å². The Morgan fingerprint density at radius 3 is 2.96 bits per heavy atom. The summed E-state index contributed by atoms with van der Waals surface area (Å²) in [6, 6.07) is 6.09. The van der Waals surface area contributed by atoms with Crippen molar-refractivity contribution >= 4 is 23.3 Å². The molecule has 25 heavy (non-hydrogen) atoms. The van der Waals surface area contributed by atoms with Crippen LogP contribution in [0.4, 0.5) is 10.2 Å². The van der Waals surface area contributed by atoms with Crippen LogP contribution in [0.5, 0.6) is 0 Å². The predicted octanol–water partition coefficient (Wildman–Crippen LogP) is 1.96. The molecule has 7 nitrogen and oxygen atoms in total. The van der Waals surface area contributed by atoms with E-state index in [1.165, 1.54) is 12.1 Å². The van der Waals surface area contributed by atoms with Crippen LogP contribution in [0.25, 0.3) is 0 Å². The summed E-state index contributed by atoms with van der Waals surface area (Å²) in [7, 11) is 0. The standard InChI is InChI=1S/C16H15ClFN3O4/c17-10-3-1-2-9(6-10)15(23)19-14-12(18)7-21(16(24)20-14)13-5-4-11(8-22)25-13/h1-3,6-7,11,13,22H,4-5,8H2,(H,19,20,23,24). The molecule has 1 aromatic heterocycles. The van der Waals surface area contributed by atoms with Crippen molar-refractivity contribution in [3.05, 3.63) is 57.3 Å². The average molecular weight is 368 g/mol. The summed E-state index contributed by atoms with van der Waals surface area (Å²) in [6.07, 6.45) is 0.877. The number of ether oxygens (including phenoxy) is 1. The second-order valence-electron chi connectivity index (χ2n) is 5.56. The monoisotopic (exact) mass is 367 g/mol. The SMILES string of the molecule is O=C(Nc1nc(=O)n(C2CCC(CO)O2)cc1F)c1cccc(Cl)c1. The third kappa shape index (κ3) is 3.87. The van der Waals surface area contributed by atoms with Crippen molar-refractivity contribution in [2.75, 3.05) is 11.9 Å². The van der Waals surface area contributed by atoms with Gasteiger partial charge in [0.15, 0.2) is 11.6 Å². The topological polar surface area (TPSA) is 93.5 Å². The molecule has 0 bridgehead atoms. The van der Waals surface area contributed by atoms with Crippen LogP contribution in [-0.2, 0) is 4.74 Å². The predicted molar refractivity (Wildman–Crippen MR) is 88.1 cm³/mol. The fraction of sp³-hybridized carbons (Fsp3) is 0.312. The van der Waals surface area contributed by atoms with Gasteiger partial charge in [0.2, 0.25) is 0 Å². The Balaban J connectivity index is 1.81. The van der Waals surface area contributed by atoms with Gasteiger partial charge in [-0.2, -0.15) is 4.98 Å². The zero-order valence-corrected chi connectivity index (χ0v) is 13.7. The molecular formula is C16H15ClFN3O4. The average Bonchev–Trinajstić information content (AvgIpc) is 3.06. The van der Waals surface area contributed by atoms with Crippen molar-refractivity contribution in [2.24, 2.45) is 0 Å². The molecule has 132 valence electrons. The number of rotatable bonds is 4. The van der Waals surface area contributed by atoms with E-state index in [1.807, 2.05) is 0 Å². The number of aromatic nitrogens is 2. The summed E-state index contributed by atoms with van der Waals surface area (Å²) in [5.41, 5.74) is -0.547. The van der Waals surface area contributed by atoms with Gasteiger partial charge in [0.05, 0.1) is 18.9 Å². The number of halogens is 2. The molecule has 2 unspecified atom stereocenters. The lowest BCUT2D eigenvalue weighted by Crippen LogP contribution is -2.30. The molecule has 1 aliphatic rings. The van der Waals surface area contributed by atoms with Crippen LogP contribution in [0.15, 0.2) is 35.3 Å². The quantitative estimate of drug-likeness (QED) is 0.861. The Kier molecular flexibility index (Phi) is 5.12. The Labute approximate surface area is 147 Å². The van der Waals surface area contributed by atoms with E-state index in [0.717, 1.165) is 10.8 Å². The molecule has 1 fully saturated rings. The van der Waals surface area contributed by atoms with Crippen molar-refractivity contribution in [3.8, 4) is 0 Å².